The van der Waals surface area contributed by atoms with Gasteiger partial charge in [-0.2, -0.15) is 0 Å². The summed E-state index contributed by atoms with van der Waals surface area (Å²) in [6.45, 7) is 4.63. The van der Waals surface area contributed by atoms with Gasteiger partial charge in [-0.05, 0) is 65.0 Å². The van der Waals surface area contributed by atoms with E-state index in [-0.39, 0.29) is 38.0 Å². The SMILES string of the molecule is COc1ccc2c(O[C@@H]3C[C@H]4C(=O)N[C@]5(C(=O)NS(=O)(=O)C6CC6)CC5/C=C\CCCS(=O)(=O)C[C@H](NC(=O)OC(C)(C)C)C(=O)N4C3)cc(-c3ccccc3)nc2c1. The molecular formula is C41H49N5O11S2. The molecule has 18 heteroatoms. The Labute approximate surface area is 343 Å². The Morgan fingerprint density at radius 2 is 1.80 bits per heavy atom. The van der Waals surface area contributed by atoms with Crippen LogP contribution in [-0.4, -0.2) is 110 Å². The highest BCUT2D eigenvalue weighted by Crippen LogP contribution is 2.46. The van der Waals surface area contributed by atoms with Crippen molar-refractivity contribution in [2.45, 2.75) is 93.9 Å². The van der Waals surface area contributed by atoms with Crippen molar-refractivity contribution in [3.05, 3.63) is 66.7 Å². The molecule has 5 atom stereocenters. The minimum Gasteiger partial charge on any atom is -0.497 e. The maximum absolute atomic E-state index is 14.7. The first kappa shape index (κ1) is 41.9. The molecule has 0 bridgehead atoms. The zero-order valence-electron chi connectivity index (χ0n) is 33.3. The Morgan fingerprint density at radius 3 is 2.49 bits per heavy atom. The van der Waals surface area contributed by atoms with Crippen molar-refractivity contribution in [3.8, 4) is 22.8 Å². The van der Waals surface area contributed by atoms with Gasteiger partial charge >= 0.3 is 6.09 Å². The molecule has 1 unspecified atom stereocenters. The molecule has 2 saturated carbocycles. The molecule has 3 aromatic rings. The van der Waals surface area contributed by atoms with Gasteiger partial charge < -0.3 is 29.7 Å². The van der Waals surface area contributed by atoms with E-state index in [0.29, 0.717) is 40.9 Å². The van der Waals surface area contributed by atoms with Gasteiger partial charge in [-0.1, -0.05) is 42.5 Å². The summed E-state index contributed by atoms with van der Waals surface area (Å²) in [4.78, 5) is 62.1. The van der Waals surface area contributed by atoms with Crippen molar-refractivity contribution in [1.82, 2.24) is 25.2 Å². The maximum Gasteiger partial charge on any atom is 0.408 e. The Balaban J connectivity index is 1.26. The summed E-state index contributed by atoms with van der Waals surface area (Å²) in [5, 5.41) is 5.16. The second kappa shape index (κ2) is 16.1. The number of aromatic nitrogens is 1. The molecule has 3 fully saturated rings. The normalized spacial score (nSPS) is 26.5. The summed E-state index contributed by atoms with van der Waals surface area (Å²) in [7, 11) is -6.40. The average Bonchev–Trinajstić information content (AvgIpc) is 4.10. The molecule has 16 nitrogen and oxygen atoms in total. The number of alkyl carbamates (subject to hydrolysis) is 1. The van der Waals surface area contributed by atoms with Crippen molar-refractivity contribution in [1.29, 1.82) is 0 Å². The van der Waals surface area contributed by atoms with E-state index in [0.717, 1.165) is 10.5 Å². The average molecular weight is 852 g/mol. The first-order valence-corrected chi connectivity index (χ1v) is 23.0. The number of hydrogen-bond donors (Lipinski definition) is 3. The summed E-state index contributed by atoms with van der Waals surface area (Å²) in [5.41, 5.74) is -0.693. The number of sulfone groups is 1. The molecule has 0 spiro atoms. The fourth-order valence-electron chi connectivity index (χ4n) is 7.52. The monoisotopic (exact) mass is 851 g/mol. The zero-order valence-corrected chi connectivity index (χ0v) is 34.9. The number of rotatable bonds is 8. The van der Waals surface area contributed by atoms with Gasteiger partial charge in [-0.3, -0.25) is 19.1 Å². The first-order valence-electron chi connectivity index (χ1n) is 19.6. The smallest absolute Gasteiger partial charge is 0.408 e. The lowest BCUT2D eigenvalue weighted by Crippen LogP contribution is -2.59. The van der Waals surface area contributed by atoms with Crippen LogP contribution in [0.2, 0.25) is 0 Å². The molecule has 7 rings (SSSR count). The molecule has 2 aliphatic carbocycles. The number of carbonyl (C=O) groups excluding carboxylic acids is 4. The third-order valence-corrected chi connectivity index (χ3v) is 14.3. The fraction of sp³-hybridized carbons (Fsp3) is 0.488. The van der Waals surface area contributed by atoms with Crippen LogP contribution in [0.1, 0.15) is 59.3 Å². The highest BCUT2D eigenvalue weighted by atomic mass is 32.2. The lowest BCUT2D eigenvalue weighted by atomic mass is 10.1. The van der Waals surface area contributed by atoms with Crippen molar-refractivity contribution in [2.24, 2.45) is 5.92 Å². The minimum absolute atomic E-state index is 0.0811. The van der Waals surface area contributed by atoms with Crippen LogP contribution >= 0.6 is 0 Å². The van der Waals surface area contributed by atoms with Crippen LogP contribution in [0.25, 0.3) is 22.2 Å². The van der Waals surface area contributed by atoms with Crippen molar-refractivity contribution < 1.29 is 50.2 Å². The Bertz CT molecular complexity index is 2400. The molecular weight excluding hydrogens is 803 g/mol. The van der Waals surface area contributed by atoms with Gasteiger partial charge in [0.25, 0.3) is 5.91 Å². The van der Waals surface area contributed by atoms with Crippen molar-refractivity contribution in [3.63, 3.8) is 0 Å². The largest absolute Gasteiger partial charge is 0.497 e. The number of pyridine rings is 1. The number of nitrogens with zero attached hydrogens (tertiary/aromatic N) is 2. The number of hydrogen-bond acceptors (Lipinski definition) is 12. The predicted octanol–water partition coefficient (Wildman–Crippen LogP) is 3.40. The quantitative estimate of drug-likeness (QED) is 0.278. The van der Waals surface area contributed by atoms with Crippen molar-refractivity contribution in [2.75, 3.05) is 25.2 Å². The molecule has 1 aromatic heterocycles. The number of sulfonamides is 1. The van der Waals surface area contributed by atoms with Crippen LogP contribution < -0.4 is 24.8 Å². The van der Waals surface area contributed by atoms with E-state index in [4.69, 9.17) is 19.2 Å². The van der Waals surface area contributed by atoms with E-state index in [1.807, 2.05) is 30.3 Å². The fourth-order valence-corrected chi connectivity index (χ4v) is 10.4. The molecule has 2 aromatic carbocycles. The van der Waals surface area contributed by atoms with Gasteiger partial charge in [0.05, 0.1) is 41.6 Å². The van der Waals surface area contributed by atoms with Crippen molar-refractivity contribution >= 4 is 54.6 Å². The summed E-state index contributed by atoms with van der Waals surface area (Å²) in [6, 6.07) is 13.4. The summed E-state index contributed by atoms with van der Waals surface area (Å²) in [6.07, 6.45) is 2.75. The number of ether oxygens (including phenoxy) is 3. The van der Waals surface area contributed by atoms with E-state index in [2.05, 4.69) is 15.4 Å². The van der Waals surface area contributed by atoms with E-state index < -0.39 is 89.9 Å². The first-order chi connectivity index (χ1) is 27.9. The number of fused-ring (bicyclic) bond motifs is 3. The molecule has 4 aliphatic rings. The Hall–Kier alpha value is -5.23. The maximum atomic E-state index is 14.7. The Morgan fingerprint density at radius 1 is 1.05 bits per heavy atom. The molecule has 0 radical (unpaired) electrons. The van der Waals surface area contributed by atoms with Gasteiger partial charge in [0.2, 0.25) is 21.8 Å². The molecule has 1 saturated heterocycles. The molecule has 3 N–H and O–H groups in total. The third kappa shape index (κ3) is 9.64. The molecule has 2 aliphatic heterocycles. The van der Waals surface area contributed by atoms with Crippen LogP contribution in [-0.2, 0) is 39.0 Å². The highest BCUT2D eigenvalue weighted by Gasteiger charge is 2.62. The topological polar surface area (TPSA) is 216 Å². The molecule has 3 heterocycles. The Kier molecular flexibility index (Phi) is 11.4. The van der Waals surface area contributed by atoms with E-state index in [9.17, 15) is 36.0 Å². The number of benzene rings is 2. The number of carbonyl (C=O) groups is 4. The van der Waals surface area contributed by atoms with Gasteiger partial charge in [-0.25, -0.2) is 26.6 Å². The van der Waals surface area contributed by atoms with Gasteiger partial charge in [-0.15, -0.1) is 0 Å². The van der Waals surface area contributed by atoms with Crippen LogP contribution in [0.15, 0.2) is 66.7 Å². The zero-order chi connectivity index (χ0) is 42.3. The van der Waals surface area contributed by atoms with Crippen LogP contribution in [0.5, 0.6) is 11.5 Å². The molecule has 4 amide bonds. The second-order valence-corrected chi connectivity index (χ2v) is 20.8. The van der Waals surface area contributed by atoms with Crippen LogP contribution in [0.3, 0.4) is 0 Å². The standard InChI is InChI=1S/C41H49N5O11S2/c1-40(2,3)57-39(50)43-33-24-58(51,52)18-10-6-9-13-26-22-41(26,38(49)45-59(53,54)29-15-16-29)44-36(47)34-20-28(23-46(34)37(33)48)56-35-21-31(25-11-7-5-8-12-25)42-32-19-27(55-4)14-17-30(32)35/h5,7-9,11-14,17,19,21,26,28-29,33-34H,6,10,15-16,18,20,22-24H2,1-4H3,(H,43,50)(H,44,47)(H,45,49)/b13-9-/t26?,28-,33+,34+,41-/m1/s1. The number of amides is 4. The van der Waals surface area contributed by atoms with Crippen LogP contribution in [0, 0.1) is 5.92 Å². The van der Waals surface area contributed by atoms with E-state index in [1.165, 1.54) is 7.11 Å². The summed E-state index contributed by atoms with van der Waals surface area (Å²) >= 11 is 0. The molecule has 316 valence electrons. The van der Waals surface area contributed by atoms with Gasteiger partial charge in [0.1, 0.15) is 40.8 Å². The molecule has 59 heavy (non-hydrogen) atoms. The minimum atomic E-state index is -3.98. The van der Waals surface area contributed by atoms with E-state index in [1.54, 1.807) is 57.2 Å². The number of methoxy groups -OCH3 is 1. The summed E-state index contributed by atoms with van der Waals surface area (Å²) < 4.78 is 72.5. The lowest BCUT2D eigenvalue weighted by molar-refractivity contribution is -0.140. The predicted molar refractivity (Wildman–Crippen MR) is 218 cm³/mol. The lowest BCUT2D eigenvalue weighted by Gasteiger charge is -2.30. The number of nitrogens with one attached hydrogen (secondary N) is 3. The second-order valence-electron chi connectivity index (χ2n) is 16.6. The highest BCUT2D eigenvalue weighted by molar-refractivity contribution is 7.91. The van der Waals surface area contributed by atoms with Gasteiger partial charge in [0.15, 0.2) is 9.84 Å². The van der Waals surface area contributed by atoms with Gasteiger partial charge in [0, 0.05) is 35.4 Å². The summed E-state index contributed by atoms with van der Waals surface area (Å²) in [5.74, 6) is -3.28. The van der Waals surface area contributed by atoms with E-state index >= 15 is 0 Å². The number of allylic oxidation sites excluding steroid dienone is 1. The van der Waals surface area contributed by atoms with Crippen LogP contribution in [0.4, 0.5) is 4.79 Å². The third-order valence-electron chi connectivity index (χ3n) is 10.8.